The summed E-state index contributed by atoms with van der Waals surface area (Å²) in [7, 11) is 0. The summed E-state index contributed by atoms with van der Waals surface area (Å²) in [6.45, 7) is 6.40. The first-order valence-corrected chi connectivity index (χ1v) is 9.78. The Morgan fingerprint density at radius 3 is 2.75 bits per heavy atom. The van der Waals surface area contributed by atoms with Crippen LogP contribution in [0.3, 0.4) is 0 Å². The number of rotatable bonds is 6. The lowest BCUT2D eigenvalue weighted by Crippen LogP contribution is -3.15. The van der Waals surface area contributed by atoms with E-state index < -0.39 is 0 Å². The molecule has 28 heavy (non-hydrogen) atoms. The molecule has 2 aromatic carbocycles. The van der Waals surface area contributed by atoms with Gasteiger partial charge in [0.1, 0.15) is 11.8 Å². The van der Waals surface area contributed by atoms with E-state index >= 15 is 0 Å². The van der Waals surface area contributed by atoms with Gasteiger partial charge in [0, 0.05) is 5.02 Å². The number of piperazine rings is 1. The van der Waals surface area contributed by atoms with Crippen molar-refractivity contribution in [3.8, 4) is 11.8 Å². The van der Waals surface area contributed by atoms with E-state index in [9.17, 15) is 10.1 Å². The van der Waals surface area contributed by atoms with E-state index in [-0.39, 0.29) is 5.91 Å². The summed E-state index contributed by atoms with van der Waals surface area (Å²) in [5.74, 6) is 0.785. The van der Waals surface area contributed by atoms with Crippen LogP contribution in [0.5, 0.6) is 5.75 Å². The Hall–Kier alpha value is -2.75. The SMILES string of the molecule is CCOc1ccccc1N1CC[NH+](CC(=O)Nc2cc(Cl)ccc2C#N)CC1. The molecule has 0 spiro atoms. The quantitative estimate of drug-likeness (QED) is 0.779. The second-order valence-electron chi connectivity index (χ2n) is 6.66. The second kappa shape index (κ2) is 9.45. The first-order valence-electron chi connectivity index (χ1n) is 9.40. The van der Waals surface area contributed by atoms with Gasteiger partial charge in [-0.05, 0) is 37.3 Å². The standard InChI is InChI=1S/C21H23ClN4O2/c1-2-28-20-6-4-3-5-19(20)26-11-9-25(10-12-26)15-21(27)24-18-13-17(22)8-7-16(18)14-23/h3-8,13H,2,9-12,15H2,1H3,(H,24,27)/p+1. The molecule has 1 aliphatic heterocycles. The highest BCUT2D eigenvalue weighted by Gasteiger charge is 2.24. The number of quaternary nitrogens is 1. The van der Waals surface area contributed by atoms with Gasteiger partial charge in [-0.3, -0.25) is 4.79 Å². The molecule has 0 unspecified atom stereocenters. The number of para-hydroxylation sites is 2. The average molecular weight is 400 g/mol. The summed E-state index contributed by atoms with van der Waals surface area (Å²) < 4.78 is 5.73. The van der Waals surface area contributed by atoms with Crippen molar-refractivity contribution in [2.45, 2.75) is 6.92 Å². The van der Waals surface area contributed by atoms with Crippen LogP contribution in [0.25, 0.3) is 0 Å². The third-order valence-electron chi connectivity index (χ3n) is 4.76. The molecule has 1 aliphatic rings. The van der Waals surface area contributed by atoms with Gasteiger partial charge in [-0.25, -0.2) is 0 Å². The molecule has 0 aliphatic carbocycles. The minimum atomic E-state index is -0.114. The van der Waals surface area contributed by atoms with Crippen LogP contribution in [0.4, 0.5) is 11.4 Å². The van der Waals surface area contributed by atoms with Crippen molar-refractivity contribution < 1.29 is 14.4 Å². The van der Waals surface area contributed by atoms with Gasteiger partial charge in [0.2, 0.25) is 0 Å². The Morgan fingerprint density at radius 1 is 1.29 bits per heavy atom. The molecule has 3 rings (SSSR count). The lowest BCUT2D eigenvalue weighted by molar-refractivity contribution is -0.892. The molecule has 1 amide bonds. The molecule has 2 aromatic rings. The first kappa shape index (κ1) is 20.0. The Bertz CT molecular complexity index is 873. The number of amides is 1. The fraction of sp³-hybridized carbons (Fsp3) is 0.333. The Kier molecular flexibility index (Phi) is 6.75. The zero-order chi connectivity index (χ0) is 19.9. The monoisotopic (exact) mass is 399 g/mol. The fourth-order valence-electron chi connectivity index (χ4n) is 3.38. The van der Waals surface area contributed by atoms with Crippen LogP contribution in [0.1, 0.15) is 12.5 Å². The molecule has 0 aromatic heterocycles. The van der Waals surface area contributed by atoms with E-state index in [4.69, 9.17) is 16.3 Å². The van der Waals surface area contributed by atoms with Crippen LogP contribution in [0.2, 0.25) is 5.02 Å². The number of nitriles is 1. The number of nitrogens with zero attached hydrogens (tertiary/aromatic N) is 2. The molecule has 146 valence electrons. The highest BCUT2D eigenvalue weighted by Crippen LogP contribution is 2.27. The topological polar surface area (TPSA) is 69.8 Å². The molecular formula is C21H24ClN4O2+. The van der Waals surface area contributed by atoms with Gasteiger partial charge >= 0.3 is 0 Å². The molecule has 6 nitrogen and oxygen atoms in total. The Morgan fingerprint density at radius 2 is 2.04 bits per heavy atom. The molecule has 0 saturated carbocycles. The molecule has 0 bridgehead atoms. The zero-order valence-corrected chi connectivity index (χ0v) is 16.6. The van der Waals surface area contributed by atoms with E-state index in [2.05, 4.69) is 22.4 Å². The maximum absolute atomic E-state index is 12.4. The van der Waals surface area contributed by atoms with Crippen molar-refractivity contribution >= 4 is 28.9 Å². The zero-order valence-electron chi connectivity index (χ0n) is 15.9. The number of halogens is 1. The molecule has 2 N–H and O–H groups in total. The van der Waals surface area contributed by atoms with Gasteiger partial charge < -0.3 is 19.9 Å². The fourth-order valence-corrected chi connectivity index (χ4v) is 3.55. The molecule has 1 heterocycles. The summed E-state index contributed by atoms with van der Waals surface area (Å²) >= 11 is 5.98. The highest BCUT2D eigenvalue weighted by atomic mass is 35.5. The van der Waals surface area contributed by atoms with Gasteiger partial charge in [0.05, 0.1) is 49.7 Å². The van der Waals surface area contributed by atoms with E-state index in [1.807, 2.05) is 25.1 Å². The van der Waals surface area contributed by atoms with Gasteiger partial charge in [0.15, 0.2) is 6.54 Å². The van der Waals surface area contributed by atoms with E-state index in [1.165, 1.54) is 4.90 Å². The van der Waals surface area contributed by atoms with Crippen molar-refractivity contribution in [1.82, 2.24) is 0 Å². The Balaban J connectivity index is 1.56. The largest absolute Gasteiger partial charge is 0.492 e. The summed E-state index contributed by atoms with van der Waals surface area (Å²) in [5, 5.41) is 12.5. The molecule has 1 saturated heterocycles. The van der Waals surface area contributed by atoms with Gasteiger partial charge in [-0.1, -0.05) is 23.7 Å². The summed E-state index contributed by atoms with van der Waals surface area (Å²) in [4.78, 5) is 15.9. The summed E-state index contributed by atoms with van der Waals surface area (Å²) in [6.07, 6.45) is 0. The van der Waals surface area contributed by atoms with Gasteiger partial charge in [-0.15, -0.1) is 0 Å². The number of anilines is 2. The maximum Gasteiger partial charge on any atom is 0.279 e. The van der Waals surface area contributed by atoms with Crippen molar-refractivity contribution in [1.29, 1.82) is 5.26 Å². The molecule has 0 radical (unpaired) electrons. The number of nitrogens with one attached hydrogen (secondary N) is 2. The van der Waals surface area contributed by atoms with Crippen LogP contribution in [0, 0.1) is 11.3 Å². The second-order valence-corrected chi connectivity index (χ2v) is 7.10. The average Bonchev–Trinajstić information content (AvgIpc) is 2.69. The normalized spacial score (nSPS) is 14.4. The van der Waals surface area contributed by atoms with Crippen molar-refractivity contribution in [2.24, 2.45) is 0 Å². The van der Waals surface area contributed by atoms with Crippen molar-refractivity contribution in [3.05, 3.63) is 53.1 Å². The van der Waals surface area contributed by atoms with Crippen LogP contribution in [-0.2, 0) is 4.79 Å². The lowest BCUT2D eigenvalue weighted by atomic mass is 10.2. The third kappa shape index (κ3) is 4.94. The lowest BCUT2D eigenvalue weighted by Gasteiger charge is -2.34. The smallest absolute Gasteiger partial charge is 0.279 e. The summed E-state index contributed by atoms with van der Waals surface area (Å²) in [5.41, 5.74) is 1.97. The Labute approximate surface area is 170 Å². The van der Waals surface area contributed by atoms with Crippen molar-refractivity contribution in [2.75, 3.05) is 49.5 Å². The number of hydrogen-bond donors (Lipinski definition) is 2. The number of carbonyl (C=O) groups excluding carboxylic acids is 1. The van der Waals surface area contributed by atoms with E-state index in [0.29, 0.717) is 29.4 Å². The van der Waals surface area contributed by atoms with Crippen LogP contribution in [0.15, 0.2) is 42.5 Å². The molecule has 0 atom stereocenters. The number of carbonyl (C=O) groups is 1. The third-order valence-corrected chi connectivity index (χ3v) is 5.00. The number of ether oxygens (including phenoxy) is 1. The highest BCUT2D eigenvalue weighted by molar-refractivity contribution is 6.31. The van der Waals surface area contributed by atoms with Crippen LogP contribution in [-0.4, -0.2) is 45.2 Å². The molecule has 7 heteroatoms. The summed E-state index contributed by atoms with van der Waals surface area (Å²) in [6, 6.07) is 15.0. The first-order chi connectivity index (χ1) is 13.6. The maximum atomic E-state index is 12.4. The minimum absolute atomic E-state index is 0.114. The predicted molar refractivity (Wildman–Crippen MR) is 110 cm³/mol. The van der Waals surface area contributed by atoms with E-state index in [1.54, 1.807) is 18.2 Å². The molecule has 1 fully saturated rings. The van der Waals surface area contributed by atoms with Gasteiger partial charge in [0.25, 0.3) is 5.91 Å². The van der Waals surface area contributed by atoms with Crippen LogP contribution < -0.4 is 19.9 Å². The van der Waals surface area contributed by atoms with Crippen LogP contribution >= 0.6 is 11.6 Å². The molecular weight excluding hydrogens is 376 g/mol. The van der Waals surface area contributed by atoms with Gasteiger partial charge in [-0.2, -0.15) is 5.26 Å². The van der Waals surface area contributed by atoms with E-state index in [0.717, 1.165) is 37.6 Å². The predicted octanol–water partition coefficient (Wildman–Crippen LogP) is 1.95. The minimum Gasteiger partial charge on any atom is -0.492 e. The number of hydrogen-bond acceptors (Lipinski definition) is 4. The van der Waals surface area contributed by atoms with Crippen molar-refractivity contribution in [3.63, 3.8) is 0 Å². The number of benzene rings is 2.